The van der Waals surface area contributed by atoms with Gasteiger partial charge in [0.15, 0.2) is 23.1 Å². The van der Waals surface area contributed by atoms with Crippen LogP contribution in [0.5, 0.6) is 23.0 Å². The van der Waals surface area contributed by atoms with Crippen molar-refractivity contribution in [3.8, 4) is 45.8 Å². The molecular formula is C33H26Cl2F4N10O4. The van der Waals surface area contributed by atoms with Gasteiger partial charge in [0.05, 0.1) is 21.3 Å². The second kappa shape index (κ2) is 17.4. The molecule has 6 rings (SSSR count). The Morgan fingerprint density at radius 3 is 1.64 bits per heavy atom. The molecule has 2 aromatic carbocycles. The van der Waals surface area contributed by atoms with Crippen molar-refractivity contribution in [2.24, 2.45) is 0 Å². The molecule has 0 bridgehead atoms. The summed E-state index contributed by atoms with van der Waals surface area (Å²) in [5, 5.41) is 6.48. The Bertz CT molecular complexity index is 2150. The summed E-state index contributed by atoms with van der Waals surface area (Å²) >= 11 is 11.8. The molecule has 0 radical (unpaired) electrons. The number of halogens is 6. The lowest BCUT2D eigenvalue weighted by Crippen LogP contribution is -2.33. The molecule has 0 saturated heterocycles. The van der Waals surface area contributed by atoms with Crippen molar-refractivity contribution >= 4 is 46.5 Å². The molecule has 0 fully saturated rings. The van der Waals surface area contributed by atoms with Crippen molar-refractivity contribution < 1.29 is 36.5 Å². The van der Waals surface area contributed by atoms with E-state index in [0.29, 0.717) is 51.2 Å². The van der Waals surface area contributed by atoms with Gasteiger partial charge in [0.1, 0.15) is 28.7 Å². The molecule has 0 saturated carbocycles. The van der Waals surface area contributed by atoms with Gasteiger partial charge in [-0.15, -0.1) is 0 Å². The van der Waals surface area contributed by atoms with Crippen LogP contribution in [-0.2, 0) is 0 Å². The van der Waals surface area contributed by atoms with E-state index >= 15 is 0 Å². The number of benzene rings is 2. The molecular weight excluding hydrogens is 747 g/mol. The van der Waals surface area contributed by atoms with E-state index in [2.05, 4.69) is 55.2 Å². The minimum atomic E-state index is -4.60. The van der Waals surface area contributed by atoms with Crippen LogP contribution in [0.1, 0.15) is 0 Å². The minimum absolute atomic E-state index is 0.103. The van der Waals surface area contributed by atoms with Gasteiger partial charge in [0.2, 0.25) is 17.6 Å². The van der Waals surface area contributed by atoms with Gasteiger partial charge >= 0.3 is 12.5 Å². The molecule has 274 valence electrons. The van der Waals surface area contributed by atoms with E-state index in [1.807, 2.05) is 0 Å². The van der Waals surface area contributed by atoms with E-state index in [1.165, 1.54) is 31.0 Å². The molecule has 53 heavy (non-hydrogen) atoms. The molecule has 2 N–H and O–H groups in total. The summed E-state index contributed by atoms with van der Waals surface area (Å²) in [5.41, 5.74) is 2.25. The van der Waals surface area contributed by atoms with E-state index < -0.39 is 18.3 Å². The summed E-state index contributed by atoms with van der Waals surface area (Å²) in [7, 11) is 4.65. The number of aromatic nitrogens is 8. The number of rotatable bonds is 12. The number of ether oxygens (including phenoxy) is 4. The van der Waals surface area contributed by atoms with Crippen LogP contribution in [0.25, 0.3) is 22.8 Å². The first-order valence-corrected chi connectivity index (χ1v) is 15.6. The summed E-state index contributed by atoms with van der Waals surface area (Å²) in [4.78, 5) is 32.6. The monoisotopic (exact) mass is 772 g/mol. The Morgan fingerprint density at radius 2 is 1.17 bits per heavy atom. The van der Waals surface area contributed by atoms with Crippen LogP contribution in [0.3, 0.4) is 0 Å². The molecule has 0 unspecified atom stereocenters. The van der Waals surface area contributed by atoms with Crippen LogP contribution in [-0.4, -0.2) is 73.7 Å². The Kier molecular flexibility index (Phi) is 12.5. The Balaban J connectivity index is 0.000000204. The summed E-state index contributed by atoms with van der Waals surface area (Å²) < 4.78 is 70.6. The van der Waals surface area contributed by atoms with Crippen LogP contribution < -0.4 is 29.6 Å². The van der Waals surface area contributed by atoms with E-state index in [1.54, 1.807) is 63.9 Å². The van der Waals surface area contributed by atoms with Gasteiger partial charge in [0.25, 0.3) is 0 Å². The zero-order valence-corrected chi connectivity index (χ0v) is 29.2. The zero-order valence-electron chi connectivity index (χ0n) is 27.6. The smallest absolute Gasteiger partial charge is 0.461 e. The third-order valence-corrected chi connectivity index (χ3v) is 7.05. The van der Waals surface area contributed by atoms with Crippen LogP contribution >= 0.6 is 23.2 Å². The van der Waals surface area contributed by atoms with Crippen molar-refractivity contribution in [2.45, 2.75) is 12.5 Å². The average Bonchev–Trinajstić information content (AvgIpc) is 3.15. The van der Waals surface area contributed by atoms with Crippen molar-refractivity contribution in [3.63, 3.8) is 0 Å². The molecule has 20 heteroatoms. The second-order valence-corrected chi connectivity index (χ2v) is 10.9. The highest BCUT2D eigenvalue weighted by Gasteiger charge is 2.44. The van der Waals surface area contributed by atoms with Crippen molar-refractivity contribution in [3.05, 3.63) is 96.0 Å². The number of methoxy groups -OCH3 is 3. The molecule has 0 amide bonds. The summed E-state index contributed by atoms with van der Waals surface area (Å²) in [6, 6.07) is 15.3. The van der Waals surface area contributed by atoms with Gasteiger partial charge in [-0.2, -0.15) is 27.5 Å². The summed E-state index contributed by atoms with van der Waals surface area (Å²) in [5.74, 6) is 2.33. The van der Waals surface area contributed by atoms with Crippen molar-refractivity contribution in [2.75, 3.05) is 32.0 Å². The predicted octanol–water partition coefficient (Wildman–Crippen LogP) is 7.92. The lowest BCUT2D eigenvalue weighted by atomic mass is 10.2. The highest BCUT2D eigenvalue weighted by Crippen LogP contribution is 2.40. The molecule has 0 aliphatic rings. The van der Waals surface area contributed by atoms with Gasteiger partial charge in [-0.1, -0.05) is 29.3 Å². The third kappa shape index (κ3) is 10.2. The summed E-state index contributed by atoms with van der Waals surface area (Å²) in [6.45, 7) is 0. The first kappa shape index (κ1) is 38.1. The Hall–Kier alpha value is -6.14. The molecule has 0 atom stereocenters. The fourth-order valence-electron chi connectivity index (χ4n) is 4.32. The highest BCUT2D eigenvalue weighted by atomic mass is 35.5. The van der Waals surface area contributed by atoms with Gasteiger partial charge in [-0.25, -0.2) is 29.9 Å². The van der Waals surface area contributed by atoms with Crippen molar-refractivity contribution in [1.29, 1.82) is 0 Å². The molecule has 6 aromatic rings. The molecule has 14 nitrogen and oxygen atoms in total. The second-order valence-electron chi connectivity index (χ2n) is 10.2. The molecule has 4 aromatic heterocycles. The quantitative estimate of drug-likeness (QED) is 0.0910. The first-order chi connectivity index (χ1) is 25.5. The molecule has 0 aliphatic carbocycles. The molecule has 0 spiro atoms. The van der Waals surface area contributed by atoms with Crippen LogP contribution in [0.2, 0.25) is 10.3 Å². The Morgan fingerprint density at radius 1 is 0.642 bits per heavy atom. The minimum Gasteiger partial charge on any atom is -0.493 e. The maximum atomic E-state index is 13.0. The highest BCUT2D eigenvalue weighted by molar-refractivity contribution is 6.29. The van der Waals surface area contributed by atoms with Gasteiger partial charge < -0.3 is 29.6 Å². The summed E-state index contributed by atoms with van der Waals surface area (Å²) in [6.07, 6.45) is -2.82. The lowest BCUT2D eigenvalue weighted by molar-refractivity contribution is -0.253. The normalized spacial score (nSPS) is 10.9. The topological polar surface area (TPSA) is 164 Å². The fourth-order valence-corrected chi connectivity index (χ4v) is 4.67. The van der Waals surface area contributed by atoms with Crippen LogP contribution in [0, 0.1) is 0 Å². The van der Waals surface area contributed by atoms with E-state index in [-0.39, 0.29) is 16.8 Å². The van der Waals surface area contributed by atoms with E-state index in [9.17, 15) is 17.6 Å². The van der Waals surface area contributed by atoms with Gasteiger partial charge in [-0.05, 0) is 36.4 Å². The van der Waals surface area contributed by atoms with Gasteiger partial charge in [0, 0.05) is 53.1 Å². The van der Waals surface area contributed by atoms with E-state index in [0.717, 1.165) is 17.7 Å². The van der Waals surface area contributed by atoms with E-state index in [4.69, 9.17) is 37.4 Å². The zero-order chi connectivity index (χ0) is 38.0. The number of nitrogens with zero attached hydrogens (tertiary/aromatic N) is 8. The maximum Gasteiger partial charge on any atom is 0.461 e. The standard InChI is InChI=1S/C17H16ClN5O3.C16H10ClF4N5O/c1-24-12-7-11(8-13(25-2)15(12)26-3)22-17-21-9-20-16(23-17)10-4-5-19-14(18)6-10;17-12-6-9(4-5-22-12)13-23-8-24-15(26-13)25-10-2-1-3-11(7-10)27-16(20,21)14(18)19/h4-9H,1-3H3,(H,20,21,22,23);1-8,14H,(H,23,24,25,26). The predicted molar refractivity (Wildman–Crippen MR) is 187 cm³/mol. The average molecular weight is 774 g/mol. The van der Waals surface area contributed by atoms with Crippen LogP contribution in [0.15, 0.2) is 85.7 Å². The largest absolute Gasteiger partial charge is 0.493 e. The third-order valence-electron chi connectivity index (χ3n) is 6.63. The number of hydrogen-bond acceptors (Lipinski definition) is 14. The Labute approximate surface area is 308 Å². The number of pyridine rings is 2. The lowest BCUT2D eigenvalue weighted by Gasteiger charge is -2.17. The fraction of sp³-hybridized carbons (Fsp3) is 0.152. The van der Waals surface area contributed by atoms with Crippen LogP contribution in [0.4, 0.5) is 40.8 Å². The first-order valence-electron chi connectivity index (χ1n) is 14.9. The maximum absolute atomic E-state index is 13.0. The number of hydrogen-bond donors (Lipinski definition) is 2. The van der Waals surface area contributed by atoms with Crippen molar-refractivity contribution in [1.82, 2.24) is 39.9 Å². The molecule has 0 aliphatic heterocycles. The SMILES string of the molecule is COc1cc(Nc2ncnc(-c3ccnc(Cl)c3)n2)cc(OC)c1OC.FC(F)C(F)(F)Oc1cccc(Nc2ncnc(-c3ccnc(Cl)c3)n2)c1. The van der Waals surface area contributed by atoms with Gasteiger partial charge in [-0.3, -0.25) is 0 Å². The molecule has 4 heterocycles. The number of anilines is 4. The number of alkyl halides is 4. The number of nitrogens with one attached hydrogen (secondary N) is 2.